The molecule has 0 aromatic rings. The highest BCUT2D eigenvalue weighted by Crippen LogP contribution is 2.31. The van der Waals surface area contributed by atoms with E-state index in [1.165, 1.54) is 70.8 Å². The maximum atomic E-state index is 3.88. The minimum atomic E-state index is 0.819. The molecule has 0 radical (unpaired) electrons. The monoisotopic (exact) mass is 279 g/mol. The Labute approximate surface area is 127 Å². The van der Waals surface area contributed by atoms with Crippen molar-refractivity contribution in [1.82, 2.24) is 5.32 Å². The summed E-state index contributed by atoms with van der Waals surface area (Å²) in [6.45, 7) is 8.52. The van der Waals surface area contributed by atoms with Crippen LogP contribution >= 0.6 is 0 Å². The summed E-state index contributed by atoms with van der Waals surface area (Å²) in [4.78, 5) is 0. The Balaban J connectivity index is 1.61. The molecule has 0 bridgehead atoms. The molecule has 1 nitrogen and oxygen atoms in total. The van der Waals surface area contributed by atoms with Crippen molar-refractivity contribution in [2.45, 2.75) is 91.0 Å². The number of rotatable bonds is 5. The van der Waals surface area contributed by atoms with Crippen molar-refractivity contribution in [3.05, 3.63) is 0 Å². The van der Waals surface area contributed by atoms with Gasteiger partial charge in [-0.2, -0.15) is 0 Å². The molecule has 2 aliphatic carbocycles. The topological polar surface area (TPSA) is 12.0 Å². The molecule has 0 aromatic heterocycles. The Morgan fingerprint density at radius 1 is 0.950 bits per heavy atom. The average Bonchev–Trinajstić information content (AvgIpc) is 2.64. The van der Waals surface area contributed by atoms with Crippen LogP contribution in [0, 0.1) is 23.7 Å². The third kappa shape index (κ3) is 5.39. The number of hydrogen-bond acceptors (Lipinski definition) is 1. The lowest BCUT2D eigenvalue weighted by Gasteiger charge is -2.27. The van der Waals surface area contributed by atoms with E-state index in [0.29, 0.717) is 0 Å². The van der Waals surface area contributed by atoms with Crippen LogP contribution in [0.1, 0.15) is 85.0 Å². The Kier molecular flexibility index (Phi) is 6.87. The first-order valence-electron chi connectivity index (χ1n) is 9.38. The van der Waals surface area contributed by atoms with Crippen LogP contribution in [0.4, 0.5) is 0 Å². The van der Waals surface area contributed by atoms with Crippen molar-refractivity contribution in [2.75, 3.05) is 6.54 Å². The van der Waals surface area contributed by atoms with E-state index in [1.807, 2.05) is 0 Å². The summed E-state index contributed by atoms with van der Waals surface area (Å²) in [6, 6.07) is 0.819. The maximum absolute atomic E-state index is 3.88. The van der Waals surface area contributed by atoms with Crippen LogP contribution in [0.5, 0.6) is 0 Å². The van der Waals surface area contributed by atoms with Gasteiger partial charge in [0.05, 0.1) is 0 Å². The Hall–Kier alpha value is -0.0400. The van der Waals surface area contributed by atoms with Crippen molar-refractivity contribution in [2.24, 2.45) is 23.7 Å². The summed E-state index contributed by atoms with van der Waals surface area (Å²) < 4.78 is 0. The van der Waals surface area contributed by atoms with Gasteiger partial charge in [-0.25, -0.2) is 0 Å². The van der Waals surface area contributed by atoms with Crippen molar-refractivity contribution >= 4 is 0 Å². The van der Waals surface area contributed by atoms with E-state index in [0.717, 1.165) is 29.7 Å². The molecule has 0 heterocycles. The average molecular weight is 280 g/mol. The Morgan fingerprint density at radius 2 is 1.75 bits per heavy atom. The zero-order valence-electron chi connectivity index (χ0n) is 14.2. The fraction of sp³-hybridized carbons (Fsp3) is 1.00. The van der Waals surface area contributed by atoms with Gasteiger partial charge >= 0.3 is 0 Å². The van der Waals surface area contributed by atoms with E-state index in [2.05, 4.69) is 26.1 Å². The zero-order chi connectivity index (χ0) is 14.4. The normalized spacial score (nSPS) is 36.0. The van der Waals surface area contributed by atoms with Gasteiger partial charge in [-0.15, -0.1) is 0 Å². The Morgan fingerprint density at radius 3 is 2.50 bits per heavy atom. The molecule has 4 atom stereocenters. The molecule has 2 rings (SSSR count). The fourth-order valence-electron chi connectivity index (χ4n) is 4.51. The molecule has 0 aromatic carbocycles. The first-order chi connectivity index (χ1) is 9.65. The Bertz CT molecular complexity index is 260. The van der Waals surface area contributed by atoms with Gasteiger partial charge in [0, 0.05) is 6.04 Å². The number of hydrogen-bond donors (Lipinski definition) is 1. The second-order valence-corrected chi connectivity index (χ2v) is 8.09. The van der Waals surface area contributed by atoms with Gasteiger partial charge in [-0.1, -0.05) is 52.9 Å². The van der Waals surface area contributed by atoms with Gasteiger partial charge in [0.2, 0.25) is 0 Å². The van der Waals surface area contributed by atoms with Crippen molar-refractivity contribution < 1.29 is 0 Å². The number of nitrogens with one attached hydrogen (secondary N) is 1. The quantitative estimate of drug-likeness (QED) is 0.665. The lowest BCUT2D eigenvalue weighted by molar-refractivity contribution is 0.263. The van der Waals surface area contributed by atoms with Crippen LogP contribution in [0.15, 0.2) is 0 Å². The van der Waals surface area contributed by atoms with Crippen molar-refractivity contribution in [3.63, 3.8) is 0 Å². The first kappa shape index (κ1) is 16.3. The van der Waals surface area contributed by atoms with E-state index < -0.39 is 0 Å². The summed E-state index contributed by atoms with van der Waals surface area (Å²) in [7, 11) is 0. The van der Waals surface area contributed by atoms with Gasteiger partial charge in [0.25, 0.3) is 0 Å². The zero-order valence-corrected chi connectivity index (χ0v) is 14.2. The molecular formula is C19H37N. The maximum Gasteiger partial charge on any atom is 0.00671 e. The van der Waals surface area contributed by atoms with Crippen LogP contribution in [0.2, 0.25) is 0 Å². The minimum absolute atomic E-state index is 0.819. The van der Waals surface area contributed by atoms with Gasteiger partial charge < -0.3 is 5.32 Å². The highest BCUT2D eigenvalue weighted by atomic mass is 14.9. The molecular weight excluding hydrogens is 242 g/mol. The second kappa shape index (κ2) is 8.41. The van der Waals surface area contributed by atoms with E-state index >= 15 is 0 Å². The van der Waals surface area contributed by atoms with Gasteiger partial charge in [0.15, 0.2) is 0 Å². The first-order valence-corrected chi connectivity index (χ1v) is 9.38. The van der Waals surface area contributed by atoms with Crippen molar-refractivity contribution in [3.8, 4) is 0 Å². The van der Waals surface area contributed by atoms with Crippen molar-refractivity contribution in [1.29, 1.82) is 0 Å². The van der Waals surface area contributed by atoms with Crippen LogP contribution in [-0.2, 0) is 0 Å². The van der Waals surface area contributed by atoms with Crippen LogP contribution in [0.25, 0.3) is 0 Å². The summed E-state index contributed by atoms with van der Waals surface area (Å²) in [5, 5.41) is 3.88. The lowest BCUT2D eigenvalue weighted by atomic mass is 9.81. The van der Waals surface area contributed by atoms with Gasteiger partial charge in [-0.3, -0.25) is 0 Å². The van der Waals surface area contributed by atoms with E-state index in [1.54, 1.807) is 0 Å². The molecule has 2 fully saturated rings. The summed E-state index contributed by atoms with van der Waals surface area (Å²) >= 11 is 0. The lowest BCUT2D eigenvalue weighted by Crippen LogP contribution is -2.31. The van der Waals surface area contributed by atoms with E-state index in [4.69, 9.17) is 0 Å². The third-order valence-corrected chi connectivity index (χ3v) is 5.99. The molecule has 4 unspecified atom stereocenters. The second-order valence-electron chi connectivity index (χ2n) is 8.09. The largest absolute Gasteiger partial charge is 0.314 e. The summed E-state index contributed by atoms with van der Waals surface area (Å²) in [5.41, 5.74) is 0. The molecule has 0 saturated heterocycles. The van der Waals surface area contributed by atoms with E-state index in [9.17, 15) is 0 Å². The molecule has 0 amide bonds. The molecule has 0 spiro atoms. The SMILES string of the molecule is CC1CCCC(CCNC2CCCC(C(C)C)CC2)C1. The highest BCUT2D eigenvalue weighted by Gasteiger charge is 2.22. The van der Waals surface area contributed by atoms with Crippen LogP contribution in [-0.4, -0.2) is 12.6 Å². The third-order valence-electron chi connectivity index (χ3n) is 5.99. The van der Waals surface area contributed by atoms with Crippen LogP contribution < -0.4 is 5.32 Å². The molecule has 0 aliphatic heterocycles. The molecule has 2 saturated carbocycles. The molecule has 118 valence electrons. The minimum Gasteiger partial charge on any atom is -0.314 e. The standard InChI is InChI=1S/C19H37N/c1-15(2)18-8-5-9-19(11-10-18)20-13-12-17-7-4-6-16(3)14-17/h15-20H,4-14H2,1-3H3. The predicted molar refractivity (Wildman–Crippen MR) is 88.9 cm³/mol. The van der Waals surface area contributed by atoms with Crippen LogP contribution in [0.3, 0.4) is 0 Å². The van der Waals surface area contributed by atoms with Gasteiger partial charge in [-0.05, 0) is 62.3 Å². The summed E-state index contributed by atoms with van der Waals surface area (Å²) in [5.74, 6) is 3.87. The van der Waals surface area contributed by atoms with Gasteiger partial charge in [0.1, 0.15) is 0 Å². The smallest absolute Gasteiger partial charge is 0.00671 e. The predicted octanol–water partition coefficient (Wildman–Crippen LogP) is 5.40. The molecule has 1 N–H and O–H groups in total. The highest BCUT2D eigenvalue weighted by molar-refractivity contribution is 4.77. The molecule has 2 aliphatic rings. The fourth-order valence-corrected chi connectivity index (χ4v) is 4.51. The summed E-state index contributed by atoms with van der Waals surface area (Å²) in [6.07, 6.45) is 14.6. The molecule has 20 heavy (non-hydrogen) atoms. The molecule has 1 heteroatoms. The van der Waals surface area contributed by atoms with E-state index in [-0.39, 0.29) is 0 Å².